The highest BCUT2D eigenvalue weighted by Crippen LogP contribution is 2.20. The van der Waals surface area contributed by atoms with Crippen molar-refractivity contribution in [1.29, 1.82) is 0 Å². The largest absolute Gasteiger partial charge is 0.466 e. The first-order valence-corrected chi connectivity index (χ1v) is 6.52. The Bertz CT molecular complexity index is 600. The SMILES string of the molecule is Cc1cccc(C(=O)NCC(C)(O)c2ccco2)c1C. The van der Waals surface area contributed by atoms with Gasteiger partial charge in [-0.2, -0.15) is 0 Å². The van der Waals surface area contributed by atoms with E-state index in [4.69, 9.17) is 4.42 Å². The molecule has 2 rings (SSSR count). The maximum absolute atomic E-state index is 12.2. The highest BCUT2D eigenvalue weighted by Gasteiger charge is 2.27. The number of furan rings is 1. The number of carbonyl (C=O) groups excluding carboxylic acids is 1. The average Bonchev–Trinajstić information content (AvgIpc) is 2.94. The Hall–Kier alpha value is -2.07. The van der Waals surface area contributed by atoms with Crippen LogP contribution >= 0.6 is 0 Å². The van der Waals surface area contributed by atoms with Crippen LogP contribution in [0, 0.1) is 13.8 Å². The fourth-order valence-corrected chi connectivity index (χ4v) is 2.02. The number of hydrogen-bond donors (Lipinski definition) is 2. The van der Waals surface area contributed by atoms with E-state index in [2.05, 4.69) is 5.32 Å². The van der Waals surface area contributed by atoms with Crippen LogP contribution in [0.15, 0.2) is 41.0 Å². The van der Waals surface area contributed by atoms with Gasteiger partial charge in [-0.3, -0.25) is 4.79 Å². The molecule has 106 valence electrons. The molecule has 4 heteroatoms. The molecule has 0 radical (unpaired) electrons. The van der Waals surface area contributed by atoms with E-state index >= 15 is 0 Å². The minimum Gasteiger partial charge on any atom is -0.466 e. The molecular formula is C16H19NO3. The minimum atomic E-state index is -1.23. The number of benzene rings is 1. The Morgan fingerprint density at radius 3 is 2.70 bits per heavy atom. The zero-order valence-electron chi connectivity index (χ0n) is 11.9. The van der Waals surface area contributed by atoms with Crippen LogP contribution in [0.4, 0.5) is 0 Å². The fraction of sp³-hybridized carbons (Fsp3) is 0.312. The first-order valence-electron chi connectivity index (χ1n) is 6.52. The molecule has 0 saturated heterocycles. The van der Waals surface area contributed by atoms with Crippen LogP contribution in [0.1, 0.15) is 34.2 Å². The van der Waals surface area contributed by atoms with Crippen molar-refractivity contribution in [3.63, 3.8) is 0 Å². The lowest BCUT2D eigenvalue weighted by Gasteiger charge is -2.21. The Morgan fingerprint density at radius 2 is 2.05 bits per heavy atom. The van der Waals surface area contributed by atoms with E-state index in [1.165, 1.54) is 6.26 Å². The standard InChI is InChI=1S/C16H19NO3/c1-11-6-4-7-13(12(11)2)15(18)17-10-16(3,19)14-8-5-9-20-14/h4-9,19H,10H2,1-3H3,(H,17,18). The van der Waals surface area contributed by atoms with Crippen LogP contribution in [0.5, 0.6) is 0 Å². The lowest BCUT2D eigenvalue weighted by molar-refractivity contribution is 0.0330. The monoisotopic (exact) mass is 273 g/mol. The number of carbonyl (C=O) groups is 1. The third kappa shape index (κ3) is 2.91. The summed E-state index contributed by atoms with van der Waals surface area (Å²) in [5.74, 6) is 0.233. The topological polar surface area (TPSA) is 62.5 Å². The smallest absolute Gasteiger partial charge is 0.251 e. The molecule has 20 heavy (non-hydrogen) atoms. The lowest BCUT2D eigenvalue weighted by Crippen LogP contribution is -2.38. The summed E-state index contributed by atoms with van der Waals surface area (Å²) in [6, 6.07) is 8.98. The van der Waals surface area contributed by atoms with Crippen LogP contribution < -0.4 is 5.32 Å². The summed E-state index contributed by atoms with van der Waals surface area (Å²) in [5.41, 5.74) is 1.41. The molecule has 1 unspecified atom stereocenters. The number of aliphatic hydroxyl groups is 1. The molecule has 0 fully saturated rings. The maximum atomic E-state index is 12.2. The van der Waals surface area contributed by atoms with Crippen molar-refractivity contribution in [3.05, 3.63) is 59.0 Å². The van der Waals surface area contributed by atoms with E-state index < -0.39 is 5.60 Å². The van der Waals surface area contributed by atoms with Gasteiger partial charge in [-0.15, -0.1) is 0 Å². The lowest BCUT2D eigenvalue weighted by atomic mass is 10.0. The van der Waals surface area contributed by atoms with Crippen molar-refractivity contribution in [2.24, 2.45) is 0 Å². The Morgan fingerprint density at radius 1 is 1.30 bits per heavy atom. The Kier molecular flexibility index (Phi) is 3.95. The zero-order valence-corrected chi connectivity index (χ0v) is 11.9. The normalized spacial score (nSPS) is 13.8. The number of nitrogens with one attached hydrogen (secondary N) is 1. The maximum Gasteiger partial charge on any atom is 0.251 e. The van der Waals surface area contributed by atoms with Gasteiger partial charge >= 0.3 is 0 Å². The summed E-state index contributed by atoms with van der Waals surface area (Å²) >= 11 is 0. The van der Waals surface area contributed by atoms with Crippen LogP contribution in [-0.2, 0) is 5.60 Å². The van der Waals surface area contributed by atoms with E-state index in [1.54, 1.807) is 25.1 Å². The van der Waals surface area contributed by atoms with Crippen LogP contribution in [0.2, 0.25) is 0 Å². The summed E-state index contributed by atoms with van der Waals surface area (Å²) in [6.07, 6.45) is 1.50. The molecule has 2 N–H and O–H groups in total. The Balaban J connectivity index is 2.08. The summed E-state index contributed by atoms with van der Waals surface area (Å²) in [6.45, 7) is 5.57. The van der Waals surface area contributed by atoms with Gasteiger partial charge in [0.1, 0.15) is 11.4 Å². The van der Waals surface area contributed by atoms with E-state index in [-0.39, 0.29) is 12.5 Å². The molecule has 2 aromatic rings. The number of aryl methyl sites for hydroxylation is 1. The van der Waals surface area contributed by atoms with Crippen molar-refractivity contribution in [3.8, 4) is 0 Å². The van der Waals surface area contributed by atoms with Crippen molar-refractivity contribution < 1.29 is 14.3 Å². The van der Waals surface area contributed by atoms with E-state index in [1.807, 2.05) is 26.0 Å². The second kappa shape index (κ2) is 5.51. The van der Waals surface area contributed by atoms with E-state index in [9.17, 15) is 9.90 Å². The molecule has 4 nitrogen and oxygen atoms in total. The average molecular weight is 273 g/mol. The van der Waals surface area contributed by atoms with Crippen molar-refractivity contribution >= 4 is 5.91 Å². The molecule has 0 aliphatic carbocycles. The third-order valence-electron chi connectivity index (χ3n) is 3.49. The van der Waals surface area contributed by atoms with Crippen molar-refractivity contribution in [2.45, 2.75) is 26.4 Å². The van der Waals surface area contributed by atoms with E-state index in [0.717, 1.165) is 11.1 Å². The fourth-order valence-electron chi connectivity index (χ4n) is 2.02. The van der Waals surface area contributed by atoms with Crippen LogP contribution in [-0.4, -0.2) is 17.6 Å². The Labute approximate surface area is 118 Å². The molecule has 0 saturated carbocycles. The predicted octanol–water partition coefficient (Wildman–Crippen LogP) is 2.53. The van der Waals surface area contributed by atoms with Crippen molar-refractivity contribution in [1.82, 2.24) is 5.32 Å². The molecule has 0 bridgehead atoms. The second-order valence-electron chi connectivity index (χ2n) is 5.18. The molecule has 1 heterocycles. The molecule has 1 aromatic heterocycles. The van der Waals surface area contributed by atoms with Gasteiger partial charge in [0.25, 0.3) is 5.91 Å². The first-order chi connectivity index (χ1) is 9.42. The molecule has 0 aliphatic rings. The van der Waals surface area contributed by atoms with Crippen molar-refractivity contribution in [2.75, 3.05) is 6.54 Å². The minimum absolute atomic E-state index is 0.0900. The highest BCUT2D eigenvalue weighted by atomic mass is 16.4. The molecule has 0 aliphatic heterocycles. The highest BCUT2D eigenvalue weighted by molar-refractivity contribution is 5.95. The molecular weight excluding hydrogens is 254 g/mol. The summed E-state index contributed by atoms with van der Waals surface area (Å²) in [5, 5.41) is 13.0. The van der Waals surface area contributed by atoms with Gasteiger partial charge in [-0.05, 0) is 50.1 Å². The van der Waals surface area contributed by atoms with Gasteiger partial charge in [-0.25, -0.2) is 0 Å². The number of hydrogen-bond acceptors (Lipinski definition) is 3. The molecule has 1 amide bonds. The van der Waals surface area contributed by atoms with Gasteiger partial charge in [-0.1, -0.05) is 12.1 Å². The third-order valence-corrected chi connectivity index (χ3v) is 3.49. The number of amides is 1. The summed E-state index contributed by atoms with van der Waals surface area (Å²) in [7, 11) is 0. The van der Waals surface area contributed by atoms with E-state index in [0.29, 0.717) is 11.3 Å². The van der Waals surface area contributed by atoms with Gasteiger partial charge in [0.15, 0.2) is 0 Å². The van der Waals surface area contributed by atoms with Gasteiger partial charge in [0, 0.05) is 5.56 Å². The van der Waals surface area contributed by atoms with Gasteiger partial charge in [0.2, 0.25) is 0 Å². The second-order valence-corrected chi connectivity index (χ2v) is 5.18. The molecule has 1 aromatic carbocycles. The van der Waals surface area contributed by atoms with Gasteiger partial charge in [0.05, 0.1) is 12.8 Å². The summed E-state index contributed by atoms with van der Waals surface area (Å²) in [4.78, 5) is 12.2. The predicted molar refractivity (Wildman–Crippen MR) is 76.5 cm³/mol. The number of rotatable bonds is 4. The van der Waals surface area contributed by atoms with Crippen LogP contribution in [0.3, 0.4) is 0 Å². The quantitative estimate of drug-likeness (QED) is 0.899. The zero-order chi connectivity index (χ0) is 14.8. The summed E-state index contributed by atoms with van der Waals surface area (Å²) < 4.78 is 5.18. The van der Waals surface area contributed by atoms with Crippen LogP contribution in [0.25, 0.3) is 0 Å². The van der Waals surface area contributed by atoms with Gasteiger partial charge < -0.3 is 14.8 Å². The molecule has 1 atom stereocenters. The molecule has 0 spiro atoms. The first kappa shape index (κ1) is 14.3.